The fourth-order valence-electron chi connectivity index (χ4n) is 1.85. The molecule has 7 heteroatoms. The summed E-state index contributed by atoms with van der Waals surface area (Å²) in [6.07, 6.45) is 0.705. The van der Waals surface area contributed by atoms with Crippen LogP contribution in [-0.2, 0) is 4.79 Å². The van der Waals surface area contributed by atoms with E-state index in [9.17, 15) is 23.5 Å². The number of hydrogen-bond donors (Lipinski definition) is 2. The lowest BCUT2D eigenvalue weighted by Gasteiger charge is -2.06. The molecular formula is C16H9ClF2O4. The first kappa shape index (κ1) is 16.6. The normalized spacial score (nSPS) is 11.3. The van der Waals surface area contributed by atoms with Crippen LogP contribution in [0.5, 0.6) is 5.75 Å². The molecule has 0 radical (unpaired) electrons. The van der Waals surface area contributed by atoms with Crippen LogP contribution in [0.4, 0.5) is 8.78 Å². The van der Waals surface area contributed by atoms with E-state index >= 15 is 0 Å². The molecular weight excluding hydrogens is 330 g/mol. The number of phenols is 1. The van der Waals surface area contributed by atoms with Crippen LogP contribution in [-0.4, -0.2) is 22.0 Å². The number of phenolic OH excluding ortho intramolecular Hbond substituents is 1. The molecule has 0 bridgehead atoms. The molecule has 4 nitrogen and oxygen atoms in total. The Labute approximate surface area is 134 Å². The number of ketones is 1. The third kappa shape index (κ3) is 3.73. The number of aliphatic carboxylic acids is 1. The molecule has 0 heterocycles. The molecule has 0 aliphatic carbocycles. The summed E-state index contributed by atoms with van der Waals surface area (Å²) < 4.78 is 26.8. The maximum Gasteiger partial charge on any atom is 0.339 e. The number of hydrogen-bond acceptors (Lipinski definition) is 3. The SMILES string of the molecule is O=C(O)/C(=C\c1cc(F)ccc1F)C(=O)c1ccc(Cl)cc1O. The van der Waals surface area contributed by atoms with Gasteiger partial charge >= 0.3 is 5.97 Å². The molecule has 0 aliphatic heterocycles. The van der Waals surface area contributed by atoms with Crippen molar-refractivity contribution in [2.24, 2.45) is 0 Å². The molecule has 0 amide bonds. The van der Waals surface area contributed by atoms with Gasteiger partial charge < -0.3 is 10.2 Å². The van der Waals surface area contributed by atoms with Gasteiger partial charge in [0.25, 0.3) is 0 Å². The molecule has 2 aromatic carbocycles. The minimum Gasteiger partial charge on any atom is -0.507 e. The topological polar surface area (TPSA) is 74.6 Å². The summed E-state index contributed by atoms with van der Waals surface area (Å²) >= 11 is 5.64. The molecule has 118 valence electrons. The number of benzene rings is 2. The molecule has 23 heavy (non-hydrogen) atoms. The van der Waals surface area contributed by atoms with E-state index in [0.717, 1.165) is 30.3 Å². The van der Waals surface area contributed by atoms with Crippen LogP contribution >= 0.6 is 11.6 Å². The van der Waals surface area contributed by atoms with Gasteiger partial charge in [-0.15, -0.1) is 0 Å². The minimum absolute atomic E-state index is 0.149. The van der Waals surface area contributed by atoms with E-state index in [1.165, 1.54) is 6.07 Å². The Bertz CT molecular complexity index is 831. The maximum atomic E-state index is 13.6. The van der Waals surface area contributed by atoms with E-state index in [0.29, 0.717) is 6.08 Å². The van der Waals surface area contributed by atoms with Gasteiger partial charge in [-0.1, -0.05) is 11.6 Å². The van der Waals surface area contributed by atoms with Gasteiger partial charge in [-0.3, -0.25) is 4.79 Å². The van der Waals surface area contributed by atoms with E-state index in [-0.39, 0.29) is 10.6 Å². The van der Waals surface area contributed by atoms with Crippen LogP contribution < -0.4 is 0 Å². The monoisotopic (exact) mass is 338 g/mol. The van der Waals surface area contributed by atoms with Crippen molar-refractivity contribution in [1.82, 2.24) is 0 Å². The van der Waals surface area contributed by atoms with Crippen LogP contribution in [0.3, 0.4) is 0 Å². The zero-order valence-corrected chi connectivity index (χ0v) is 12.1. The maximum absolute atomic E-state index is 13.6. The van der Waals surface area contributed by atoms with Crippen LogP contribution in [0.1, 0.15) is 15.9 Å². The number of rotatable bonds is 4. The zero-order chi connectivity index (χ0) is 17.1. The largest absolute Gasteiger partial charge is 0.507 e. The number of halogens is 3. The summed E-state index contributed by atoms with van der Waals surface area (Å²) in [4.78, 5) is 23.5. The first-order valence-electron chi connectivity index (χ1n) is 6.23. The average Bonchev–Trinajstić information content (AvgIpc) is 2.47. The lowest BCUT2D eigenvalue weighted by Crippen LogP contribution is -2.13. The molecule has 2 rings (SSSR count). The lowest BCUT2D eigenvalue weighted by molar-refractivity contribution is -0.132. The number of carbonyl (C=O) groups excluding carboxylic acids is 1. The first-order valence-corrected chi connectivity index (χ1v) is 6.60. The Morgan fingerprint density at radius 2 is 1.78 bits per heavy atom. The number of Topliss-reactive ketones (excluding diaryl/α,β-unsaturated/α-hetero) is 1. The van der Waals surface area contributed by atoms with E-state index in [2.05, 4.69) is 0 Å². The Kier molecular flexibility index (Phi) is 4.76. The van der Waals surface area contributed by atoms with E-state index in [1.807, 2.05) is 0 Å². The third-order valence-electron chi connectivity index (χ3n) is 2.94. The first-order chi connectivity index (χ1) is 10.8. The van der Waals surface area contributed by atoms with Crippen LogP contribution in [0, 0.1) is 11.6 Å². The molecule has 0 aromatic heterocycles. The molecule has 0 aliphatic rings. The van der Waals surface area contributed by atoms with Crippen LogP contribution in [0.2, 0.25) is 5.02 Å². The van der Waals surface area contributed by atoms with Gasteiger partial charge in [0.15, 0.2) is 0 Å². The smallest absolute Gasteiger partial charge is 0.339 e. The quantitative estimate of drug-likeness (QED) is 0.386. The van der Waals surface area contributed by atoms with Crippen molar-refractivity contribution < 1.29 is 28.6 Å². The standard InChI is InChI=1S/C16H9ClF2O4/c17-9-1-3-11(14(20)7-9)15(21)12(16(22)23)6-8-5-10(18)2-4-13(8)19/h1-7,20H,(H,22,23)/b12-6-. The summed E-state index contributed by atoms with van der Waals surface area (Å²) in [6.45, 7) is 0. The minimum atomic E-state index is -1.65. The molecule has 0 unspecified atom stereocenters. The van der Waals surface area contributed by atoms with Gasteiger partial charge in [0.1, 0.15) is 23.0 Å². The molecule has 0 saturated heterocycles. The van der Waals surface area contributed by atoms with E-state index < -0.39 is 40.3 Å². The molecule has 2 N–H and O–H groups in total. The second-order valence-electron chi connectivity index (χ2n) is 4.52. The van der Waals surface area contributed by atoms with Gasteiger partial charge in [-0.2, -0.15) is 0 Å². The van der Waals surface area contributed by atoms with Crippen molar-refractivity contribution in [3.8, 4) is 5.75 Å². The van der Waals surface area contributed by atoms with Gasteiger partial charge in [-0.25, -0.2) is 13.6 Å². The molecule has 0 atom stereocenters. The molecule has 0 saturated carbocycles. The van der Waals surface area contributed by atoms with Crippen molar-refractivity contribution in [3.63, 3.8) is 0 Å². The number of carbonyl (C=O) groups is 2. The molecule has 2 aromatic rings. The van der Waals surface area contributed by atoms with Gasteiger partial charge in [0.2, 0.25) is 5.78 Å². The number of aromatic hydroxyl groups is 1. The van der Waals surface area contributed by atoms with Gasteiger partial charge in [0.05, 0.1) is 5.56 Å². The number of carboxylic acid groups (broad SMARTS) is 1. The fraction of sp³-hybridized carbons (Fsp3) is 0. The van der Waals surface area contributed by atoms with Crippen molar-refractivity contribution in [1.29, 1.82) is 0 Å². The Balaban J connectivity index is 2.54. The summed E-state index contributed by atoms with van der Waals surface area (Å²) in [5.74, 6) is -4.90. The van der Waals surface area contributed by atoms with Crippen molar-refractivity contribution in [3.05, 3.63) is 69.8 Å². The Hall–Kier alpha value is -2.73. The predicted octanol–water partition coefficient (Wildman–Crippen LogP) is 3.67. The van der Waals surface area contributed by atoms with E-state index in [1.54, 1.807) is 0 Å². The summed E-state index contributed by atoms with van der Waals surface area (Å²) in [5, 5.41) is 19.0. The highest BCUT2D eigenvalue weighted by Crippen LogP contribution is 2.25. The Morgan fingerprint density at radius 1 is 1.09 bits per heavy atom. The summed E-state index contributed by atoms with van der Waals surface area (Å²) in [7, 11) is 0. The second kappa shape index (κ2) is 6.58. The van der Waals surface area contributed by atoms with Crippen LogP contribution in [0.15, 0.2) is 42.0 Å². The van der Waals surface area contributed by atoms with Crippen molar-refractivity contribution in [2.75, 3.05) is 0 Å². The van der Waals surface area contributed by atoms with Gasteiger partial charge in [-0.05, 0) is 42.5 Å². The lowest BCUT2D eigenvalue weighted by atomic mass is 10.00. The van der Waals surface area contributed by atoms with Crippen molar-refractivity contribution in [2.45, 2.75) is 0 Å². The highest BCUT2D eigenvalue weighted by atomic mass is 35.5. The molecule has 0 fully saturated rings. The molecule has 0 spiro atoms. The predicted molar refractivity (Wildman–Crippen MR) is 79.4 cm³/mol. The summed E-state index contributed by atoms with van der Waals surface area (Å²) in [6, 6.07) is 5.92. The fourth-order valence-corrected chi connectivity index (χ4v) is 2.01. The average molecular weight is 339 g/mol. The van der Waals surface area contributed by atoms with Crippen molar-refractivity contribution >= 4 is 29.4 Å². The van der Waals surface area contributed by atoms with Crippen LogP contribution in [0.25, 0.3) is 6.08 Å². The zero-order valence-electron chi connectivity index (χ0n) is 11.4. The second-order valence-corrected chi connectivity index (χ2v) is 4.96. The van der Waals surface area contributed by atoms with Gasteiger partial charge in [0, 0.05) is 10.6 Å². The highest BCUT2D eigenvalue weighted by molar-refractivity contribution is 6.31. The van der Waals surface area contributed by atoms with E-state index in [4.69, 9.17) is 16.7 Å². The highest BCUT2D eigenvalue weighted by Gasteiger charge is 2.22. The third-order valence-corrected chi connectivity index (χ3v) is 3.17. The Morgan fingerprint density at radius 3 is 2.39 bits per heavy atom. The number of carboxylic acids is 1. The summed E-state index contributed by atoms with van der Waals surface area (Å²) in [5.41, 5.74) is -1.55.